The Bertz CT molecular complexity index is 851. The zero-order chi connectivity index (χ0) is 16.4. The molecule has 0 saturated carbocycles. The number of aromatic nitrogens is 2. The van der Waals surface area contributed by atoms with Gasteiger partial charge in [-0.1, -0.05) is 11.2 Å². The van der Waals surface area contributed by atoms with E-state index in [9.17, 15) is 4.79 Å². The Morgan fingerprint density at radius 3 is 2.35 bits per heavy atom. The molecule has 1 aromatic heterocycles. The van der Waals surface area contributed by atoms with Crippen molar-refractivity contribution in [2.24, 2.45) is 0 Å². The molecular formula is C18H16N2O3. The van der Waals surface area contributed by atoms with E-state index in [4.69, 9.17) is 9.26 Å². The van der Waals surface area contributed by atoms with Gasteiger partial charge in [-0.25, -0.2) is 4.79 Å². The molecule has 0 radical (unpaired) electrons. The van der Waals surface area contributed by atoms with Crippen molar-refractivity contribution in [3.8, 4) is 17.1 Å². The van der Waals surface area contributed by atoms with Gasteiger partial charge in [-0.2, -0.15) is 4.98 Å². The fourth-order valence-corrected chi connectivity index (χ4v) is 2.12. The summed E-state index contributed by atoms with van der Waals surface area (Å²) < 4.78 is 10.3. The van der Waals surface area contributed by atoms with E-state index in [1.54, 1.807) is 37.3 Å². The minimum atomic E-state index is -0.378. The van der Waals surface area contributed by atoms with Crippen LogP contribution in [0.15, 0.2) is 47.0 Å². The number of carbonyl (C=O) groups excluding carboxylic acids is 1. The standard InChI is InChI=1S/C18H16N2O3/c1-11-4-5-15(10-12(11)2)18(21)22-16-8-6-14(7-9-16)17-19-13(3)23-20-17/h4-10H,1-3H3. The quantitative estimate of drug-likeness (QED) is 0.542. The van der Waals surface area contributed by atoms with Gasteiger partial charge >= 0.3 is 5.97 Å². The number of esters is 1. The number of carbonyl (C=O) groups is 1. The lowest BCUT2D eigenvalue weighted by molar-refractivity contribution is 0.0734. The maximum atomic E-state index is 12.2. The molecule has 0 bridgehead atoms. The summed E-state index contributed by atoms with van der Waals surface area (Å²) in [6, 6.07) is 12.5. The number of nitrogens with zero attached hydrogens (tertiary/aromatic N) is 2. The smallest absolute Gasteiger partial charge is 0.343 e. The first-order chi connectivity index (χ1) is 11.0. The zero-order valence-corrected chi connectivity index (χ0v) is 13.2. The predicted octanol–water partition coefficient (Wildman–Crippen LogP) is 3.88. The van der Waals surface area contributed by atoms with Crippen LogP contribution in [0.5, 0.6) is 5.75 Å². The number of rotatable bonds is 3. The lowest BCUT2D eigenvalue weighted by Crippen LogP contribution is -2.08. The topological polar surface area (TPSA) is 65.2 Å². The minimum absolute atomic E-state index is 0.378. The van der Waals surface area contributed by atoms with Crippen molar-refractivity contribution >= 4 is 5.97 Å². The Kier molecular flexibility index (Phi) is 3.93. The average molecular weight is 308 g/mol. The highest BCUT2D eigenvalue weighted by Gasteiger charge is 2.11. The summed E-state index contributed by atoms with van der Waals surface area (Å²) in [4.78, 5) is 16.3. The van der Waals surface area contributed by atoms with Crippen molar-refractivity contribution in [3.05, 3.63) is 65.0 Å². The predicted molar refractivity (Wildman–Crippen MR) is 85.3 cm³/mol. The molecule has 0 atom stereocenters. The second kappa shape index (κ2) is 6.04. The summed E-state index contributed by atoms with van der Waals surface area (Å²) in [5.41, 5.74) is 3.53. The summed E-state index contributed by atoms with van der Waals surface area (Å²) >= 11 is 0. The molecule has 0 aliphatic carbocycles. The van der Waals surface area contributed by atoms with E-state index in [1.165, 1.54) is 0 Å². The van der Waals surface area contributed by atoms with E-state index < -0.39 is 0 Å². The molecule has 5 nitrogen and oxygen atoms in total. The Labute approximate surface area is 133 Å². The van der Waals surface area contributed by atoms with Gasteiger partial charge in [-0.15, -0.1) is 0 Å². The number of aryl methyl sites for hydroxylation is 3. The number of hydrogen-bond donors (Lipinski definition) is 0. The van der Waals surface area contributed by atoms with E-state index in [0.717, 1.165) is 16.7 Å². The van der Waals surface area contributed by atoms with Crippen molar-refractivity contribution in [1.82, 2.24) is 10.1 Å². The van der Waals surface area contributed by atoms with E-state index >= 15 is 0 Å². The maximum absolute atomic E-state index is 12.2. The molecule has 0 aliphatic rings. The Morgan fingerprint density at radius 1 is 1.00 bits per heavy atom. The molecule has 0 N–H and O–H groups in total. The van der Waals surface area contributed by atoms with Crippen LogP contribution in [0.3, 0.4) is 0 Å². The van der Waals surface area contributed by atoms with Crippen molar-refractivity contribution in [3.63, 3.8) is 0 Å². The van der Waals surface area contributed by atoms with Crippen molar-refractivity contribution < 1.29 is 14.1 Å². The van der Waals surface area contributed by atoms with Gasteiger partial charge in [0.2, 0.25) is 11.7 Å². The average Bonchev–Trinajstić information content (AvgIpc) is 2.97. The van der Waals surface area contributed by atoms with Gasteiger partial charge in [0.15, 0.2) is 0 Å². The minimum Gasteiger partial charge on any atom is -0.423 e. The van der Waals surface area contributed by atoms with Crippen LogP contribution in [-0.4, -0.2) is 16.1 Å². The van der Waals surface area contributed by atoms with Crippen molar-refractivity contribution in [2.45, 2.75) is 20.8 Å². The molecule has 0 unspecified atom stereocenters. The van der Waals surface area contributed by atoms with Gasteiger partial charge in [0.1, 0.15) is 5.75 Å². The lowest BCUT2D eigenvalue weighted by Gasteiger charge is -2.06. The van der Waals surface area contributed by atoms with Crippen LogP contribution in [0.25, 0.3) is 11.4 Å². The fourth-order valence-electron chi connectivity index (χ4n) is 2.12. The normalized spacial score (nSPS) is 10.6. The van der Waals surface area contributed by atoms with E-state index in [-0.39, 0.29) is 5.97 Å². The first kappa shape index (κ1) is 15.0. The summed E-state index contributed by atoms with van der Waals surface area (Å²) in [6.07, 6.45) is 0. The highest BCUT2D eigenvalue weighted by Crippen LogP contribution is 2.21. The summed E-state index contributed by atoms with van der Waals surface area (Å²) in [6.45, 7) is 5.70. The van der Waals surface area contributed by atoms with Crippen molar-refractivity contribution in [2.75, 3.05) is 0 Å². The molecule has 0 fully saturated rings. The van der Waals surface area contributed by atoms with Gasteiger partial charge in [0.25, 0.3) is 0 Å². The molecule has 0 aliphatic heterocycles. The largest absolute Gasteiger partial charge is 0.423 e. The van der Waals surface area contributed by atoms with Crippen LogP contribution >= 0.6 is 0 Å². The van der Waals surface area contributed by atoms with Gasteiger partial charge in [0, 0.05) is 12.5 Å². The van der Waals surface area contributed by atoms with E-state index in [1.807, 2.05) is 26.0 Å². The number of hydrogen-bond acceptors (Lipinski definition) is 5. The third-order valence-corrected chi connectivity index (χ3v) is 3.59. The maximum Gasteiger partial charge on any atom is 0.343 e. The molecule has 116 valence electrons. The van der Waals surface area contributed by atoms with Crippen LogP contribution in [0.1, 0.15) is 27.4 Å². The molecule has 0 spiro atoms. The molecule has 0 amide bonds. The zero-order valence-electron chi connectivity index (χ0n) is 13.2. The SMILES string of the molecule is Cc1nc(-c2ccc(OC(=O)c3ccc(C)c(C)c3)cc2)no1. The summed E-state index contributed by atoms with van der Waals surface area (Å²) in [7, 11) is 0. The Morgan fingerprint density at radius 2 is 1.74 bits per heavy atom. The second-order valence-corrected chi connectivity index (χ2v) is 5.35. The van der Waals surface area contributed by atoms with Crippen LogP contribution in [0.4, 0.5) is 0 Å². The monoisotopic (exact) mass is 308 g/mol. The Balaban J connectivity index is 1.75. The molecule has 3 rings (SSSR count). The summed E-state index contributed by atoms with van der Waals surface area (Å²) in [5, 5.41) is 3.85. The van der Waals surface area contributed by atoms with Crippen LogP contribution in [-0.2, 0) is 0 Å². The van der Waals surface area contributed by atoms with E-state index in [0.29, 0.717) is 23.0 Å². The first-order valence-electron chi connectivity index (χ1n) is 7.23. The fraction of sp³-hybridized carbons (Fsp3) is 0.167. The van der Waals surface area contributed by atoms with Gasteiger partial charge in [-0.05, 0) is 61.4 Å². The molecular weight excluding hydrogens is 292 g/mol. The van der Waals surface area contributed by atoms with Gasteiger partial charge < -0.3 is 9.26 Å². The first-order valence-corrected chi connectivity index (χ1v) is 7.23. The third-order valence-electron chi connectivity index (χ3n) is 3.59. The van der Waals surface area contributed by atoms with Gasteiger partial charge in [-0.3, -0.25) is 0 Å². The second-order valence-electron chi connectivity index (χ2n) is 5.35. The van der Waals surface area contributed by atoms with E-state index in [2.05, 4.69) is 10.1 Å². The summed E-state index contributed by atoms with van der Waals surface area (Å²) in [5.74, 6) is 1.10. The number of benzene rings is 2. The highest BCUT2D eigenvalue weighted by molar-refractivity contribution is 5.91. The Hall–Kier alpha value is -2.95. The molecule has 3 aromatic rings. The molecule has 5 heteroatoms. The number of ether oxygens (including phenoxy) is 1. The van der Waals surface area contributed by atoms with Gasteiger partial charge in [0.05, 0.1) is 5.56 Å². The van der Waals surface area contributed by atoms with Crippen molar-refractivity contribution in [1.29, 1.82) is 0 Å². The highest BCUT2D eigenvalue weighted by atomic mass is 16.5. The van der Waals surface area contributed by atoms with Crippen LogP contribution in [0, 0.1) is 20.8 Å². The third kappa shape index (κ3) is 3.29. The molecule has 23 heavy (non-hydrogen) atoms. The van der Waals surface area contributed by atoms with Crippen LogP contribution < -0.4 is 4.74 Å². The molecule has 0 saturated heterocycles. The lowest BCUT2D eigenvalue weighted by atomic mass is 10.1. The molecule has 2 aromatic carbocycles. The van der Waals surface area contributed by atoms with Crippen LogP contribution in [0.2, 0.25) is 0 Å². The molecule has 1 heterocycles.